The fourth-order valence-corrected chi connectivity index (χ4v) is 1.72. The molecule has 1 amide bonds. The lowest BCUT2D eigenvalue weighted by Crippen LogP contribution is -2.17. The number of rotatable bonds is 3. The van der Waals surface area contributed by atoms with Crippen molar-refractivity contribution >= 4 is 33.7 Å². The number of nitrogens with two attached hydrogens (primary N) is 1. The summed E-state index contributed by atoms with van der Waals surface area (Å²) in [5.41, 5.74) is 9.98. The van der Waals surface area contributed by atoms with Gasteiger partial charge in [0.25, 0.3) is 5.91 Å². The molecule has 0 heterocycles. The van der Waals surface area contributed by atoms with E-state index in [2.05, 4.69) is 26.5 Å². The number of hydrogen-bond donors (Lipinski definition) is 2. The Balaban J connectivity index is 1.98. The van der Waals surface area contributed by atoms with Crippen molar-refractivity contribution < 1.29 is 4.79 Å². The van der Waals surface area contributed by atoms with Crippen LogP contribution in [-0.2, 0) is 0 Å². The lowest BCUT2D eigenvalue weighted by Gasteiger charge is -2.00. The molecule has 0 unspecified atom stereocenters. The van der Waals surface area contributed by atoms with Crippen LogP contribution in [0.15, 0.2) is 58.1 Å². The van der Waals surface area contributed by atoms with Crippen molar-refractivity contribution in [2.75, 3.05) is 5.73 Å². The maximum atomic E-state index is 11.8. The highest BCUT2D eigenvalue weighted by atomic mass is 79.9. The van der Waals surface area contributed by atoms with Crippen molar-refractivity contribution in [3.63, 3.8) is 0 Å². The van der Waals surface area contributed by atoms with Crippen LogP contribution in [0.25, 0.3) is 0 Å². The number of amides is 1. The molecule has 96 valence electrons. The molecule has 0 aliphatic carbocycles. The first-order valence-electron chi connectivity index (χ1n) is 5.59. The van der Waals surface area contributed by atoms with Crippen molar-refractivity contribution in [1.29, 1.82) is 0 Å². The van der Waals surface area contributed by atoms with Gasteiger partial charge < -0.3 is 5.73 Å². The van der Waals surface area contributed by atoms with Gasteiger partial charge in [-0.15, -0.1) is 0 Å². The van der Waals surface area contributed by atoms with Gasteiger partial charge in [-0.05, 0) is 35.9 Å². The first-order valence-corrected chi connectivity index (χ1v) is 6.39. The lowest BCUT2D eigenvalue weighted by molar-refractivity contribution is 0.0955. The summed E-state index contributed by atoms with van der Waals surface area (Å²) in [7, 11) is 0. The predicted molar refractivity (Wildman–Crippen MR) is 80.1 cm³/mol. The monoisotopic (exact) mass is 317 g/mol. The van der Waals surface area contributed by atoms with Gasteiger partial charge in [-0.2, -0.15) is 5.10 Å². The predicted octanol–water partition coefficient (Wildman–Crippen LogP) is 2.80. The lowest BCUT2D eigenvalue weighted by atomic mass is 10.2. The molecule has 0 spiro atoms. The zero-order valence-electron chi connectivity index (χ0n) is 10.0. The van der Waals surface area contributed by atoms with Crippen LogP contribution in [-0.4, -0.2) is 12.1 Å². The Bertz CT molecular complexity index is 608. The first-order chi connectivity index (χ1) is 9.15. The maximum Gasteiger partial charge on any atom is 0.271 e. The molecule has 4 nitrogen and oxygen atoms in total. The van der Waals surface area contributed by atoms with E-state index in [1.54, 1.807) is 30.5 Å². The molecular formula is C14H12BrN3O. The highest BCUT2D eigenvalue weighted by Crippen LogP contribution is 2.09. The number of anilines is 1. The summed E-state index contributed by atoms with van der Waals surface area (Å²) in [6, 6.07) is 14.3. The van der Waals surface area contributed by atoms with E-state index in [-0.39, 0.29) is 5.91 Å². The van der Waals surface area contributed by atoms with Gasteiger partial charge in [0.15, 0.2) is 0 Å². The molecule has 2 aromatic rings. The number of carbonyl (C=O) groups excluding carboxylic acids is 1. The normalized spacial score (nSPS) is 10.6. The van der Waals surface area contributed by atoms with E-state index < -0.39 is 0 Å². The van der Waals surface area contributed by atoms with E-state index in [4.69, 9.17) is 5.73 Å². The molecule has 0 bridgehead atoms. The van der Waals surface area contributed by atoms with Gasteiger partial charge in [0.1, 0.15) is 0 Å². The van der Waals surface area contributed by atoms with Crippen molar-refractivity contribution in [2.45, 2.75) is 0 Å². The van der Waals surface area contributed by atoms with Crippen LogP contribution in [0.5, 0.6) is 0 Å². The van der Waals surface area contributed by atoms with E-state index in [1.807, 2.05) is 24.3 Å². The smallest absolute Gasteiger partial charge is 0.271 e. The minimum atomic E-state index is -0.291. The zero-order valence-corrected chi connectivity index (χ0v) is 11.6. The average molecular weight is 318 g/mol. The molecule has 0 radical (unpaired) electrons. The van der Waals surface area contributed by atoms with Gasteiger partial charge in [0.05, 0.1) is 6.21 Å². The molecule has 3 N–H and O–H groups in total. The molecule has 2 aromatic carbocycles. The van der Waals surface area contributed by atoms with E-state index in [9.17, 15) is 4.79 Å². The summed E-state index contributed by atoms with van der Waals surface area (Å²) >= 11 is 3.35. The summed E-state index contributed by atoms with van der Waals surface area (Å²) in [6.07, 6.45) is 1.58. The minimum Gasteiger partial charge on any atom is -0.399 e. The van der Waals surface area contributed by atoms with E-state index in [1.165, 1.54) is 0 Å². The Morgan fingerprint density at radius 3 is 2.63 bits per heavy atom. The van der Waals surface area contributed by atoms with Gasteiger partial charge in [0.2, 0.25) is 0 Å². The molecule has 0 saturated carbocycles. The first kappa shape index (κ1) is 13.3. The van der Waals surface area contributed by atoms with Gasteiger partial charge in [-0.1, -0.05) is 34.1 Å². The van der Waals surface area contributed by atoms with Gasteiger partial charge >= 0.3 is 0 Å². The Kier molecular flexibility index (Phi) is 4.30. The fraction of sp³-hybridized carbons (Fsp3) is 0. The molecule has 2 rings (SSSR count). The molecule has 5 heteroatoms. The molecule has 0 aliphatic heterocycles. The standard InChI is InChI=1S/C14H12BrN3O/c15-12-6-4-10(5-7-12)9-17-18-14(19)11-2-1-3-13(16)8-11/h1-9H,16H2,(H,18,19)/b17-9-. The van der Waals surface area contributed by atoms with Crippen molar-refractivity contribution in [1.82, 2.24) is 5.43 Å². The summed E-state index contributed by atoms with van der Waals surface area (Å²) in [5, 5.41) is 3.90. The third kappa shape index (κ3) is 3.93. The number of halogens is 1. The number of hydrogen-bond acceptors (Lipinski definition) is 3. The number of nitrogens with one attached hydrogen (secondary N) is 1. The molecular weight excluding hydrogens is 306 g/mol. The van der Waals surface area contributed by atoms with E-state index in [0.29, 0.717) is 11.3 Å². The molecule has 0 fully saturated rings. The number of carbonyl (C=O) groups is 1. The molecule has 0 aliphatic rings. The van der Waals surface area contributed by atoms with Gasteiger partial charge in [-0.25, -0.2) is 5.43 Å². The van der Waals surface area contributed by atoms with Gasteiger partial charge in [-0.3, -0.25) is 4.79 Å². The third-order valence-corrected chi connectivity index (χ3v) is 2.93. The number of nitrogen functional groups attached to an aromatic ring is 1. The maximum absolute atomic E-state index is 11.8. The zero-order chi connectivity index (χ0) is 13.7. The molecule has 0 aromatic heterocycles. The third-order valence-electron chi connectivity index (χ3n) is 2.40. The van der Waals surface area contributed by atoms with E-state index in [0.717, 1.165) is 10.0 Å². The average Bonchev–Trinajstić information content (AvgIpc) is 2.41. The quantitative estimate of drug-likeness (QED) is 0.519. The summed E-state index contributed by atoms with van der Waals surface area (Å²) in [6.45, 7) is 0. The van der Waals surface area contributed by atoms with Crippen molar-refractivity contribution in [2.24, 2.45) is 5.10 Å². The van der Waals surface area contributed by atoms with Crippen LogP contribution in [0.3, 0.4) is 0 Å². The summed E-state index contributed by atoms with van der Waals surface area (Å²) < 4.78 is 0.994. The van der Waals surface area contributed by atoms with Crippen molar-refractivity contribution in [3.8, 4) is 0 Å². The topological polar surface area (TPSA) is 67.5 Å². The fourth-order valence-electron chi connectivity index (χ4n) is 1.46. The van der Waals surface area contributed by atoms with Crippen LogP contribution < -0.4 is 11.2 Å². The van der Waals surface area contributed by atoms with Gasteiger partial charge in [0, 0.05) is 15.7 Å². The second-order valence-corrected chi connectivity index (χ2v) is 4.79. The highest BCUT2D eigenvalue weighted by molar-refractivity contribution is 9.10. The van der Waals surface area contributed by atoms with Crippen LogP contribution in [0.4, 0.5) is 5.69 Å². The molecule has 0 saturated heterocycles. The second kappa shape index (κ2) is 6.15. The number of nitrogens with zero attached hydrogens (tertiary/aromatic N) is 1. The number of hydrazone groups is 1. The summed E-state index contributed by atoms with van der Waals surface area (Å²) in [4.78, 5) is 11.8. The minimum absolute atomic E-state index is 0.291. The highest BCUT2D eigenvalue weighted by Gasteiger charge is 2.03. The van der Waals surface area contributed by atoms with Crippen LogP contribution in [0.1, 0.15) is 15.9 Å². The largest absolute Gasteiger partial charge is 0.399 e. The van der Waals surface area contributed by atoms with Crippen LogP contribution >= 0.6 is 15.9 Å². The molecule has 0 atom stereocenters. The number of benzene rings is 2. The Morgan fingerprint density at radius 1 is 1.21 bits per heavy atom. The van der Waals surface area contributed by atoms with E-state index >= 15 is 0 Å². The Labute approximate surface area is 119 Å². The summed E-state index contributed by atoms with van der Waals surface area (Å²) in [5.74, 6) is -0.291. The SMILES string of the molecule is Nc1cccc(C(=O)N/N=C\c2ccc(Br)cc2)c1. The van der Waals surface area contributed by atoms with Crippen molar-refractivity contribution in [3.05, 3.63) is 64.1 Å². The van der Waals surface area contributed by atoms with Crippen LogP contribution in [0, 0.1) is 0 Å². The Hall–Kier alpha value is -2.14. The Morgan fingerprint density at radius 2 is 1.95 bits per heavy atom. The molecule has 19 heavy (non-hydrogen) atoms. The van der Waals surface area contributed by atoms with Crippen LogP contribution in [0.2, 0.25) is 0 Å². The second-order valence-electron chi connectivity index (χ2n) is 3.88.